The molecule has 0 spiro atoms. The molecule has 136 valence electrons. The summed E-state index contributed by atoms with van der Waals surface area (Å²) in [6, 6.07) is 11.2. The maximum Gasteiger partial charge on any atom is 0.243 e. The van der Waals surface area contributed by atoms with Gasteiger partial charge in [0.2, 0.25) is 10.0 Å². The highest BCUT2D eigenvalue weighted by Crippen LogP contribution is 2.32. The molecular formula is C21H19N3O2S. The lowest BCUT2D eigenvalue weighted by Crippen LogP contribution is -2.27. The molecule has 6 heteroatoms. The van der Waals surface area contributed by atoms with Crippen molar-refractivity contribution in [2.45, 2.75) is 17.7 Å². The molecule has 1 aliphatic heterocycles. The van der Waals surface area contributed by atoms with Gasteiger partial charge in [0.15, 0.2) is 0 Å². The predicted molar refractivity (Wildman–Crippen MR) is 107 cm³/mol. The van der Waals surface area contributed by atoms with Gasteiger partial charge in [0, 0.05) is 30.4 Å². The zero-order chi connectivity index (χ0) is 18.4. The van der Waals surface area contributed by atoms with Gasteiger partial charge in [-0.1, -0.05) is 30.4 Å². The third kappa shape index (κ3) is 2.72. The zero-order valence-electron chi connectivity index (χ0n) is 14.7. The second kappa shape index (κ2) is 6.18. The van der Waals surface area contributed by atoms with Crippen molar-refractivity contribution in [2.24, 2.45) is 0 Å². The number of allylic oxidation sites excluding steroid dienone is 4. The monoisotopic (exact) mass is 377 g/mol. The molecule has 1 N–H and O–H groups in total. The van der Waals surface area contributed by atoms with Crippen LogP contribution in [0.15, 0.2) is 65.7 Å². The van der Waals surface area contributed by atoms with Crippen LogP contribution in [0.5, 0.6) is 0 Å². The van der Waals surface area contributed by atoms with Crippen LogP contribution in [0.1, 0.15) is 18.5 Å². The van der Waals surface area contributed by atoms with E-state index in [0.717, 1.165) is 46.3 Å². The topological polar surface area (TPSA) is 66.1 Å². The molecule has 3 aromatic rings. The number of nitrogens with one attached hydrogen (secondary N) is 1. The van der Waals surface area contributed by atoms with Gasteiger partial charge in [-0.3, -0.25) is 0 Å². The average Bonchev–Trinajstić information content (AvgIpc) is 3.30. The van der Waals surface area contributed by atoms with Crippen molar-refractivity contribution >= 4 is 26.6 Å². The first-order valence-electron chi connectivity index (χ1n) is 9.10. The van der Waals surface area contributed by atoms with Gasteiger partial charge in [-0.2, -0.15) is 4.31 Å². The van der Waals surface area contributed by atoms with Gasteiger partial charge in [0.25, 0.3) is 0 Å². The number of nitrogens with zero attached hydrogens (tertiary/aromatic N) is 2. The van der Waals surface area contributed by atoms with Gasteiger partial charge in [0.05, 0.1) is 4.90 Å². The Labute approximate surface area is 158 Å². The molecule has 0 unspecified atom stereocenters. The Bertz CT molecular complexity index is 1180. The van der Waals surface area contributed by atoms with Crippen molar-refractivity contribution in [3.8, 4) is 11.1 Å². The van der Waals surface area contributed by atoms with Crippen molar-refractivity contribution in [1.82, 2.24) is 14.3 Å². The summed E-state index contributed by atoms with van der Waals surface area (Å²) in [7, 11) is -3.38. The summed E-state index contributed by atoms with van der Waals surface area (Å²) >= 11 is 0. The van der Waals surface area contributed by atoms with Crippen LogP contribution in [-0.4, -0.2) is 35.8 Å². The number of hydrogen-bond donors (Lipinski definition) is 1. The lowest BCUT2D eigenvalue weighted by molar-refractivity contribution is 0.477. The van der Waals surface area contributed by atoms with E-state index >= 15 is 0 Å². The highest BCUT2D eigenvalue weighted by atomic mass is 32.2. The number of hydrogen-bond acceptors (Lipinski definition) is 3. The molecule has 1 aliphatic carbocycles. The van der Waals surface area contributed by atoms with Crippen LogP contribution in [0.3, 0.4) is 0 Å². The molecule has 27 heavy (non-hydrogen) atoms. The third-order valence-electron chi connectivity index (χ3n) is 5.26. The third-order valence-corrected chi connectivity index (χ3v) is 7.18. The van der Waals surface area contributed by atoms with Gasteiger partial charge in [-0.15, -0.1) is 0 Å². The van der Waals surface area contributed by atoms with Crippen LogP contribution in [0, 0.1) is 0 Å². The van der Waals surface area contributed by atoms with Gasteiger partial charge in [0.1, 0.15) is 5.65 Å². The van der Waals surface area contributed by atoms with E-state index in [1.165, 1.54) is 0 Å². The number of benzene rings is 1. The van der Waals surface area contributed by atoms with Crippen molar-refractivity contribution in [3.05, 3.63) is 66.5 Å². The Morgan fingerprint density at radius 1 is 1.04 bits per heavy atom. The van der Waals surface area contributed by atoms with E-state index in [2.05, 4.69) is 28.2 Å². The van der Waals surface area contributed by atoms with Crippen LogP contribution in [-0.2, 0) is 10.0 Å². The number of H-pyrrole nitrogens is 1. The summed E-state index contributed by atoms with van der Waals surface area (Å²) < 4.78 is 27.0. The smallest absolute Gasteiger partial charge is 0.243 e. The predicted octanol–water partition coefficient (Wildman–Crippen LogP) is 3.97. The van der Waals surface area contributed by atoms with Crippen molar-refractivity contribution in [2.75, 3.05) is 13.1 Å². The van der Waals surface area contributed by atoms with Crippen LogP contribution < -0.4 is 0 Å². The molecule has 1 fully saturated rings. The second-order valence-electron chi connectivity index (χ2n) is 6.92. The van der Waals surface area contributed by atoms with E-state index in [1.807, 2.05) is 24.3 Å². The first kappa shape index (κ1) is 16.5. The fourth-order valence-electron chi connectivity index (χ4n) is 3.69. The van der Waals surface area contributed by atoms with Crippen LogP contribution in [0.2, 0.25) is 0 Å². The fourth-order valence-corrected chi connectivity index (χ4v) is 5.21. The van der Waals surface area contributed by atoms with Crippen LogP contribution in [0.4, 0.5) is 0 Å². The number of pyridine rings is 1. The van der Waals surface area contributed by atoms with Gasteiger partial charge in [-0.25, -0.2) is 13.4 Å². The number of rotatable bonds is 4. The van der Waals surface area contributed by atoms with Gasteiger partial charge < -0.3 is 4.98 Å². The maximum atomic E-state index is 12.7. The highest BCUT2D eigenvalue weighted by Gasteiger charge is 2.27. The molecule has 1 saturated heterocycles. The van der Waals surface area contributed by atoms with Crippen LogP contribution in [0.25, 0.3) is 27.7 Å². The minimum absolute atomic E-state index is 0.359. The summed E-state index contributed by atoms with van der Waals surface area (Å²) in [5, 5.41) is 1.03. The Morgan fingerprint density at radius 2 is 1.78 bits per heavy atom. The van der Waals surface area contributed by atoms with Crippen molar-refractivity contribution in [1.29, 1.82) is 0 Å². The quantitative estimate of drug-likeness (QED) is 0.748. The maximum absolute atomic E-state index is 12.7. The molecule has 0 amide bonds. The largest absolute Gasteiger partial charge is 0.339 e. The molecule has 0 atom stereocenters. The highest BCUT2D eigenvalue weighted by molar-refractivity contribution is 7.89. The first-order valence-corrected chi connectivity index (χ1v) is 10.5. The van der Waals surface area contributed by atoms with Crippen molar-refractivity contribution in [3.63, 3.8) is 0 Å². The normalized spacial score (nSPS) is 17.3. The van der Waals surface area contributed by atoms with Crippen LogP contribution >= 0.6 is 0 Å². The molecule has 2 aliphatic rings. The summed E-state index contributed by atoms with van der Waals surface area (Å²) in [4.78, 5) is 8.13. The SMILES string of the molecule is O=S(=O)(c1ccc(-c2ccnc3[nH]c(C4=CC=C4)cc23)cc1)N1CCCC1. The van der Waals surface area contributed by atoms with Gasteiger partial charge >= 0.3 is 0 Å². The van der Waals surface area contributed by atoms with E-state index in [1.54, 1.807) is 22.6 Å². The minimum atomic E-state index is -3.38. The molecule has 5 rings (SSSR count). The number of aromatic amines is 1. The van der Waals surface area contributed by atoms with Crippen molar-refractivity contribution < 1.29 is 8.42 Å². The molecular weight excluding hydrogens is 358 g/mol. The second-order valence-corrected chi connectivity index (χ2v) is 8.86. The first-order chi connectivity index (χ1) is 13.1. The van der Waals surface area contributed by atoms with E-state index in [0.29, 0.717) is 18.0 Å². The molecule has 0 saturated carbocycles. The summed E-state index contributed by atoms with van der Waals surface area (Å²) in [6.07, 6.45) is 9.78. The van der Waals surface area contributed by atoms with E-state index in [9.17, 15) is 8.42 Å². The number of aromatic nitrogens is 2. The Balaban J connectivity index is 1.52. The van der Waals surface area contributed by atoms with E-state index in [-0.39, 0.29) is 0 Å². The lowest BCUT2D eigenvalue weighted by Gasteiger charge is -2.15. The lowest BCUT2D eigenvalue weighted by atomic mass is 10.0. The Kier molecular flexibility index (Phi) is 3.77. The summed E-state index contributed by atoms with van der Waals surface area (Å²) in [5.41, 5.74) is 5.05. The Hall–Kier alpha value is -2.70. The molecule has 0 radical (unpaired) electrons. The molecule has 5 nitrogen and oxygen atoms in total. The Morgan fingerprint density at radius 3 is 2.44 bits per heavy atom. The number of sulfonamides is 1. The molecule has 0 bridgehead atoms. The van der Waals surface area contributed by atoms with E-state index in [4.69, 9.17) is 0 Å². The van der Waals surface area contributed by atoms with E-state index < -0.39 is 10.0 Å². The minimum Gasteiger partial charge on any atom is -0.339 e. The summed E-state index contributed by atoms with van der Waals surface area (Å²) in [5.74, 6) is 0. The molecule has 1 aromatic carbocycles. The fraction of sp³-hybridized carbons (Fsp3) is 0.190. The average molecular weight is 377 g/mol. The van der Waals surface area contributed by atoms with Gasteiger partial charge in [-0.05, 0) is 53.8 Å². The standard InChI is InChI=1S/C21H19N3O2S/c25-27(26,24-12-1-2-13-24)17-8-6-15(7-9-17)18-10-11-22-21-19(18)14-20(23-21)16-4-3-5-16/h3-11,14H,1-2,12-13H2,(H,22,23). The molecule has 3 heterocycles. The summed E-state index contributed by atoms with van der Waals surface area (Å²) in [6.45, 7) is 1.23. The molecule has 2 aromatic heterocycles. The zero-order valence-corrected chi connectivity index (χ0v) is 15.5. The number of fused-ring (bicyclic) bond motifs is 1.